The number of thiol groups is 1. The molecular formula is C11H19NOS. The van der Waals surface area contributed by atoms with Crippen molar-refractivity contribution in [2.24, 2.45) is 10.8 Å². The zero-order valence-electron chi connectivity index (χ0n) is 8.97. The fourth-order valence-corrected chi connectivity index (χ4v) is 2.30. The number of carbonyl (C=O) groups is 1. The Kier molecular flexibility index (Phi) is 2.33. The Bertz CT molecular complexity index is 258. The molecular weight excluding hydrogens is 194 g/mol. The molecule has 80 valence electrons. The fraction of sp³-hybridized carbons (Fsp3) is 0.909. The van der Waals surface area contributed by atoms with Gasteiger partial charge in [0.2, 0.25) is 5.91 Å². The third-order valence-electron chi connectivity index (χ3n) is 3.68. The molecule has 0 aromatic rings. The number of amides is 1. The van der Waals surface area contributed by atoms with Gasteiger partial charge >= 0.3 is 0 Å². The molecule has 1 unspecified atom stereocenters. The average Bonchev–Trinajstić information content (AvgIpc) is 2.94. The molecule has 14 heavy (non-hydrogen) atoms. The van der Waals surface area contributed by atoms with Gasteiger partial charge < -0.3 is 5.32 Å². The smallest absolute Gasteiger partial charge is 0.220 e. The number of carbonyl (C=O) groups excluding carboxylic acids is 1. The van der Waals surface area contributed by atoms with Gasteiger partial charge in [-0.3, -0.25) is 4.79 Å². The second-order valence-corrected chi connectivity index (χ2v) is 5.96. The van der Waals surface area contributed by atoms with Crippen LogP contribution in [0.2, 0.25) is 0 Å². The average molecular weight is 213 g/mol. The SMILES string of the molecule is CC1(C)CC1NC(=O)CC1(CS)CC1. The van der Waals surface area contributed by atoms with E-state index in [2.05, 4.69) is 31.8 Å². The predicted octanol–water partition coefficient (Wildman–Crippen LogP) is 2.00. The molecule has 3 heteroatoms. The quantitative estimate of drug-likeness (QED) is 0.687. The molecule has 0 bridgehead atoms. The maximum atomic E-state index is 11.7. The third kappa shape index (κ3) is 2.08. The van der Waals surface area contributed by atoms with Crippen molar-refractivity contribution in [1.82, 2.24) is 5.32 Å². The minimum atomic E-state index is 0.229. The van der Waals surface area contributed by atoms with Gasteiger partial charge in [0.05, 0.1) is 0 Å². The lowest BCUT2D eigenvalue weighted by Crippen LogP contribution is -2.30. The minimum Gasteiger partial charge on any atom is -0.353 e. The van der Waals surface area contributed by atoms with E-state index in [9.17, 15) is 4.79 Å². The van der Waals surface area contributed by atoms with E-state index in [0.29, 0.717) is 17.9 Å². The van der Waals surface area contributed by atoms with Crippen molar-refractivity contribution >= 4 is 18.5 Å². The van der Waals surface area contributed by atoms with E-state index in [4.69, 9.17) is 0 Å². The van der Waals surface area contributed by atoms with Crippen LogP contribution in [0.4, 0.5) is 0 Å². The molecule has 2 fully saturated rings. The topological polar surface area (TPSA) is 29.1 Å². The zero-order chi connectivity index (χ0) is 10.4. The summed E-state index contributed by atoms with van der Waals surface area (Å²) in [6.07, 6.45) is 4.17. The second-order valence-electron chi connectivity index (χ2n) is 5.65. The molecule has 0 aromatic carbocycles. The molecule has 0 saturated heterocycles. The number of hydrogen-bond donors (Lipinski definition) is 2. The van der Waals surface area contributed by atoms with Crippen LogP contribution >= 0.6 is 12.6 Å². The molecule has 1 amide bonds. The first-order valence-corrected chi connectivity index (χ1v) is 6.01. The summed E-state index contributed by atoms with van der Waals surface area (Å²) in [7, 11) is 0. The van der Waals surface area contributed by atoms with E-state index in [1.807, 2.05) is 0 Å². The summed E-state index contributed by atoms with van der Waals surface area (Å²) in [5.41, 5.74) is 0.597. The first-order chi connectivity index (χ1) is 6.47. The van der Waals surface area contributed by atoms with Gasteiger partial charge in [-0.15, -0.1) is 0 Å². The first kappa shape index (κ1) is 10.3. The summed E-state index contributed by atoms with van der Waals surface area (Å²) < 4.78 is 0. The van der Waals surface area contributed by atoms with Crippen LogP contribution in [0.1, 0.15) is 39.5 Å². The van der Waals surface area contributed by atoms with E-state index in [1.54, 1.807) is 0 Å². The number of hydrogen-bond acceptors (Lipinski definition) is 2. The van der Waals surface area contributed by atoms with Crippen molar-refractivity contribution in [2.45, 2.75) is 45.6 Å². The Labute approximate surface area is 91.2 Å². The van der Waals surface area contributed by atoms with E-state index < -0.39 is 0 Å². The predicted molar refractivity (Wildman–Crippen MR) is 60.5 cm³/mol. The molecule has 0 radical (unpaired) electrons. The Hall–Kier alpha value is -0.180. The van der Waals surface area contributed by atoms with Gasteiger partial charge in [0.15, 0.2) is 0 Å². The van der Waals surface area contributed by atoms with Gasteiger partial charge in [-0.25, -0.2) is 0 Å². The van der Waals surface area contributed by atoms with Crippen LogP contribution in [0.25, 0.3) is 0 Å². The summed E-state index contributed by atoms with van der Waals surface area (Å²) >= 11 is 4.30. The van der Waals surface area contributed by atoms with Crippen LogP contribution in [0, 0.1) is 10.8 Å². The summed E-state index contributed by atoms with van der Waals surface area (Å²) in [5, 5.41) is 3.10. The van der Waals surface area contributed by atoms with E-state index in [1.165, 1.54) is 12.8 Å². The van der Waals surface area contributed by atoms with Gasteiger partial charge in [0, 0.05) is 12.5 Å². The Morgan fingerprint density at radius 1 is 1.50 bits per heavy atom. The van der Waals surface area contributed by atoms with Crippen LogP contribution in [0.3, 0.4) is 0 Å². The minimum absolute atomic E-state index is 0.229. The van der Waals surface area contributed by atoms with Crippen molar-refractivity contribution < 1.29 is 4.79 Å². The molecule has 2 saturated carbocycles. The molecule has 2 rings (SSSR count). The second kappa shape index (κ2) is 3.16. The van der Waals surface area contributed by atoms with Crippen molar-refractivity contribution in [3.63, 3.8) is 0 Å². The zero-order valence-corrected chi connectivity index (χ0v) is 9.86. The van der Waals surface area contributed by atoms with Gasteiger partial charge in [-0.1, -0.05) is 13.8 Å². The molecule has 0 heterocycles. The van der Waals surface area contributed by atoms with Gasteiger partial charge in [-0.2, -0.15) is 12.6 Å². The summed E-state index contributed by atoms with van der Waals surface area (Å²) in [6.45, 7) is 4.40. The lowest BCUT2D eigenvalue weighted by Gasteiger charge is -2.12. The van der Waals surface area contributed by atoms with Crippen molar-refractivity contribution in [3.05, 3.63) is 0 Å². The molecule has 0 aromatic heterocycles. The highest BCUT2D eigenvalue weighted by Crippen LogP contribution is 2.50. The summed E-state index contributed by atoms with van der Waals surface area (Å²) in [4.78, 5) is 11.7. The molecule has 0 aliphatic heterocycles. The number of rotatable bonds is 4. The normalized spacial score (nSPS) is 30.9. The van der Waals surface area contributed by atoms with Gasteiger partial charge in [0.1, 0.15) is 0 Å². The largest absolute Gasteiger partial charge is 0.353 e. The molecule has 2 aliphatic rings. The molecule has 1 atom stereocenters. The van der Waals surface area contributed by atoms with Crippen molar-refractivity contribution in [1.29, 1.82) is 0 Å². The highest BCUT2D eigenvalue weighted by atomic mass is 32.1. The Morgan fingerprint density at radius 3 is 2.43 bits per heavy atom. The van der Waals surface area contributed by atoms with E-state index in [-0.39, 0.29) is 11.3 Å². The van der Waals surface area contributed by atoms with Crippen molar-refractivity contribution in [2.75, 3.05) is 5.75 Å². The first-order valence-electron chi connectivity index (χ1n) is 5.38. The van der Waals surface area contributed by atoms with Crippen LogP contribution in [-0.2, 0) is 4.79 Å². The van der Waals surface area contributed by atoms with E-state index in [0.717, 1.165) is 12.2 Å². The lowest BCUT2D eigenvalue weighted by molar-refractivity contribution is -0.122. The molecule has 2 nitrogen and oxygen atoms in total. The van der Waals surface area contributed by atoms with Gasteiger partial charge in [0.25, 0.3) is 0 Å². The standard InChI is InChI=1S/C11H19NOS/c1-10(2)5-8(10)12-9(13)6-11(7-14)3-4-11/h8,14H,3-7H2,1-2H3,(H,12,13). The monoisotopic (exact) mass is 213 g/mol. The summed E-state index contributed by atoms with van der Waals surface area (Å²) in [6, 6.07) is 0.422. The Morgan fingerprint density at radius 2 is 2.07 bits per heavy atom. The lowest BCUT2D eigenvalue weighted by atomic mass is 10.1. The highest BCUT2D eigenvalue weighted by Gasteiger charge is 2.48. The van der Waals surface area contributed by atoms with E-state index >= 15 is 0 Å². The molecule has 2 aliphatic carbocycles. The van der Waals surface area contributed by atoms with Crippen LogP contribution in [-0.4, -0.2) is 17.7 Å². The third-order valence-corrected chi connectivity index (χ3v) is 4.35. The Balaban J connectivity index is 1.75. The van der Waals surface area contributed by atoms with Crippen LogP contribution < -0.4 is 5.32 Å². The molecule has 0 spiro atoms. The highest BCUT2D eigenvalue weighted by molar-refractivity contribution is 7.80. The molecule has 1 N–H and O–H groups in total. The fourth-order valence-electron chi connectivity index (χ4n) is 1.87. The summed E-state index contributed by atoms with van der Waals surface area (Å²) in [5.74, 6) is 1.08. The number of nitrogens with one attached hydrogen (secondary N) is 1. The van der Waals surface area contributed by atoms with Crippen LogP contribution in [0.5, 0.6) is 0 Å². The van der Waals surface area contributed by atoms with Crippen molar-refractivity contribution in [3.8, 4) is 0 Å². The maximum absolute atomic E-state index is 11.7. The van der Waals surface area contributed by atoms with Crippen LogP contribution in [0.15, 0.2) is 0 Å². The van der Waals surface area contributed by atoms with Gasteiger partial charge in [-0.05, 0) is 35.8 Å². The maximum Gasteiger partial charge on any atom is 0.220 e.